The molecule has 5 nitrogen and oxygen atoms in total. The zero-order valence-electron chi connectivity index (χ0n) is 13.2. The zero-order valence-corrected chi connectivity index (χ0v) is 13.2. The number of anilines is 2. The molecular weight excluding hydrogens is 274 g/mol. The second kappa shape index (κ2) is 5.67. The van der Waals surface area contributed by atoms with Gasteiger partial charge in [-0.3, -0.25) is 0 Å². The maximum atomic E-state index is 5.94. The fraction of sp³-hybridized carbons (Fsp3) is 0.294. The average Bonchev–Trinajstić information content (AvgIpc) is 2.92. The molecule has 0 atom stereocenters. The van der Waals surface area contributed by atoms with Crippen LogP contribution in [0.3, 0.4) is 0 Å². The molecule has 3 aromatic rings. The van der Waals surface area contributed by atoms with E-state index in [1.165, 1.54) is 5.69 Å². The van der Waals surface area contributed by atoms with E-state index in [-0.39, 0.29) is 0 Å². The number of benzene rings is 2. The molecule has 0 amide bonds. The molecule has 1 heterocycles. The fourth-order valence-corrected chi connectivity index (χ4v) is 2.59. The van der Waals surface area contributed by atoms with E-state index in [1.54, 1.807) is 4.80 Å². The van der Waals surface area contributed by atoms with Gasteiger partial charge in [0, 0.05) is 24.5 Å². The molecular formula is C17H21N5. The summed E-state index contributed by atoms with van der Waals surface area (Å²) in [4.78, 5) is 3.97. The third-order valence-electron chi connectivity index (χ3n) is 3.98. The van der Waals surface area contributed by atoms with Gasteiger partial charge >= 0.3 is 0 Å². The first kappa shape index (κ1) is 14.4. The maximum absolute atomic E-state index is 5.94. The van der Waals surface area contributed by atoms with E-state index in [0.717, 1.165) is 41.1 Å². The van der Waals surface area contributed by atoms with Crippen LogP contribution in [-0.4, -0.2) is 28.1 Å². The van der Waals surface area contributed by atoms with Gasteiger partial charge in [-0.05, 0) is 62.7 Å². The van der Waals surface area contributed by atoms with Crippen molar-refractivity contribution in [2.75, 3.05) is 23.7 Å². The molecule has 2 N–H and O–H groups in total. The molecule has 22 heavy (non-hydrogen) atoms. The molecule has 0 aliphatic carbocycles. The fourth-order valence-electron chi connectivity index (χ4n) is 2.59. The van der Waals surface area contributed by atoms with Crippen molar-refractivity contribution < 1.29 is 0 Å². The number of rotatable bonds is 4. The summed E-state index contributed by atoms with van der Waals surface area (Å²) in [6.07, 6.45) is 0. The number of aryl methyl sites for hydroxylation is 1. The summed E-state index contributed by atoms with van der Waals surface area (Å²) in [7, 11) is 0. The highest BCUT2D eigenvalue weighted by atomic mass is 15.5. The van der Waals surface area contributed by atoms with E-state index < -0.39 is 0 Å². The lowest BCUT2D eigenvalue weighted by molar-refractivity contribution is 0.765. The van der Waals surface area contributed by atoms with Crippen LogP contribution in [0.15, 0.2) is 36.4 Å². The number of aromatic nitrogens is 3. The van der Waals surface area contributed by atoms with E-state index in [4.69, 9.17) is 5.73 Å². The van der Waals surface area contributed by atoms with Crippen molar-refractivity contribution in [3.8, 4) is 5.69 Å². The second-order valence-electron chi connectivity index (χ2n) is 5.38. The molecule has 0 unspecified atom stereocenters. The molecule has 0 aliphatic heterocycles. The highest BCUT2D eigenvalue weighted by Gasteiger charge is 2.08. The average molecular weight is 295 g/mol. The Bertz CT molecular complexity index is 746. The Morgan fingerprint density at radius 3 is 2.18 bits per heavy atom. The van der Waals surface area contributed by atoms with Gasteiger partial charge in [0.1, 0.15) is 11.0 Å². The lowest BCUT2D eigenvalue weighted by Crippen LogP contribution is -2.21. The third kappa shape index (κ3) is 2.50. The van der Waals surface area contributed by atoms with Crippen LogP contribution in [0.5, 0.6) is 0 Å². The lowest BCUT2D eigenvalue weighted by Gasteiger charge is -2.20. The number of nitrogens with two attached hydrogens (primary N) is 1. The van der Waals surface area contributed by atoms with Crippen LogP contribution in [0.25, 0.3) is 16.7 Å². The van der Waals surface area contributed by atoms with E-state index in [1.807, 2.05) is 31.2 Å². The molecule has 2 aromatic carbocycles. The molecule has 114 valence electrons. The normalized spacial score (nSPS) is 11.0. The zero-order chi connectivity index (χ0) is 15.7. The van der Waals surface area contributed by atoms with E-state index in [9.17, 15) is 0 Å². The minimum atomic E-state index is 0.747. The molecule has 3 rings (SSSR count). The standard InChI is InChI=1S/C17H21N5/c1-4-21(5-2)13-6-8-14(9-7-13)22-19-16-10-12(3)15(18)11-17(16)20-22/h6-11H,4-5,18H2,1-3H3. The molecule has 0 saturated heterocycles. The van der Waals surface area contributed by atoms with Gasteiger partial charge in [-0.1, -0.05) is 0 Å². The molecule has 0 radical (unpaired) electrons. The van der Waals surface area contributed by atoms with Crippen LogP contribution in [0.1, 0.15) is 19.4 Å². The van der Waals surface area contributed by atoms with Crippen LogP contribution >= 0.6 is 0 Å². The predicted molar refractivity (Wildman–Crippen MR) is 91.6 cm³/mol. The van der Waals surface area contributed by atoms with Gasteiger partial charge in [0.05, 0.1) is 5.69 Å². The molecule has 0 aliphatic rings. The quantitative estimate of drug-likeness (QED) is 0.751. The Hall–Kier alpha value is -2.56. The van der Waals surface area contributed by atoms with Crippen LogP contribution < -0.4 is 10.6 Å². The summed E-state index contributed by atoms with van der Waals surface area (Å²) < 4.78 is 0. The highest BCUT2D eigenvalue weighted by molar-refractivity contribution is 5.79. The van der Waals surface area contributed by atoms with Crippen LogP contribution in [-0.2, 0) is 0 Å². The summed E-state index contributed by atoms with van der Waals surface area (Å²) in [5, 5.41) is 9.05. The van der Waals surface area contributed by atoms with Crippen molar-refractivity contribution in [3.63, 3.8) is 0 Å². The number of nitrogen functional groups attached to an aromatic ring is 1. The highest BCUT2D eigenvalue weighted by Crippen LogP contribution is 2.21. The first-order chi connectivity index (χ1) is 10.6. The van der Waals surface area contributed by atoms with Crippen molar-refractivity contribution in [1.82, 2.24) is 15.0 Å². The van der Waals surface area contributed by atoms with Crippen molar-refractivity contribution in [1.29, 1.82) is 0 Å². The van der Waals surface area contributed by atoms with Gasteiger partial charge < -0.3 is 10.6 Å². The maximum Gasteiger partial charge on any atom is 0.115 e. The van der Waals surface area contributed by atoms with Crippen molar-refractivity contribution in [2.45, 2.75) is 20.8 Å². The van der Waals surface area contributed by atoms with Gasteiger partial charge in [-0.25, -0.2) is 0 Å². The predicted octanol–water partition coefficient (Wildman–Crippen LogP) is 3.16. The van der Waals surface area contributed by atoms with E-state index in [0.29, 0.717) is 0 Å². The Morgan fingerprint density at radius 1 is 1.00 bits per heavy atom. The van der Waals surface area contributed by atoms with Crippen molar-refractivity contribution >= 4 is 22.4 Å². The Labute approximate surface area is 130 Å². The number of hydrogen-bond donors (Lipinski definition) is 1. The topological polar surface area (TPSA) is 60.0 Å². The molecule has 0 saturated carbocycles. The number of fused-ring (bicyclic) bond motifs is 1. The lowest BCUT2D eigenvalue weighted by atomic mass is 10.2. The first-order valence-electron chi connectivity index (χ1n) is 7.61. The first-order valence-corrected chi connectivity index (χ1v) is 7.61. The van der Waals surface area contributed by atoms with Crippen molar-refractivity contribution in [2.24, 2.45) is 0 Å². The van der Waals surface area contributed by atoms with Crippen LogP contribution in [0, 0.1) is 6.92 Å². The summed E-state index contributed by atoms with van der Waals surface area (Å²) in [6.45, 7) is 8.29. The van der Waals surface area contributed by atoms with Gasteiger partial charge in [0.2, 0.25) is 0 Å². The third-order valence-corrected chi connectivity index (χ3v) is 3.98. The molecule has 0 bridgehead atoms. The molecule has 0 fully saturated rings. The number of hydrogen-bond acceptors (Lipinski definition) is 4. The van der Waals surface area contributed by atoms with E-state index >= 15 is 0 Å². The van der Waals surface area contributed by atoms with Crippen LogP contribution in [0.2, 0.25) is 0 Å². The summed E-state index contributed by atoms with van der Waals surface area (Å²) in [5.41, 5.74) is 11.5. The molecule has 1 aromatic heterocycles. The van der Waals surface area contributed by atoms with E-state index in [2.05, 4.69) is 41.1 Å². The second-order valence-corrected chi connectivity index (χ2v) is 5.38. The SMILES string of the molecule is CCN(CC)c1ccc(-n2nc3cc(C)c(N)cc3n2)cc1. The van der Waals surface area contributed by atoms with Gasteiger partial charge in [0.25, 0.3) is 0 Å². The van der Waals surface area contributed by atoms with Crippen LogP contribution in [0.4, 0.5) is 11.4 Å². The summed E-state index contributed by atoms with van der Waals surface area (Å²) in [5.74, 6) is 0. The monoisotopic (exact) mass is 295 g/mol. The Morgan fingerprint density at radius 2 is 1.59 bits per heavy atom. The molecule has 0 spiro atoms. The number of nitrogens with zero attached hydrogens (tertiary/aromatic N) is 4. The minimum absolute atomic E-state index is 0.747. The minimum Gasteiger partial charge on any atom is -0.398 e. The largest absolute Gasteiger partial charge is 0.398 e. The summed E-state index contributed by atoms with van der Waals surface area (Å²) in [6, 6.07) is 12.1. The Kier molecular flexibility index (Phi) is 3.71. The van der Waals surface area contributed by atoms with Crippen molar-refractivity contribution in [3.05, 3.63) is 42.0 Å². The van der Waals surface area contributed by atoms with Gasteiger partial charge in [-0.2, -0.15) is 4.80 Å². The smallest absolute Gasteiger partial charge is 0.115 e. The molecule has 5 heteroatoms. The van der Waals surface area contributed by atoms with Gasteiger partial charge in [0.15, 0.2) is 0 Å². The van der Waals surface area contributed by atoms with Gasteiger partial charge in [-0.15, -0.1) is 10.2 Å². The Balaban J connectivity index is 1.97. The summed E-state index contributed by atoms with van der Waals surface area (Å²) >= 11 is 0.